The quantitative estimate of drug-likeness (QED) is 0.585. The Hall–Kier alpha value is -3.23. The van der Waals surface area contributed by atoms with Crippen LogP contribution in [0.5, 0.6) is 0 Å². The number of hydrogen-bond donors (Lipinski definition) is 0. The average molecular weight is 404 g/mol. The third-order valence-corrected chi connectivity index (χ3v) is 4.88. The molecule has 0 bridgehead atoms. The summed E-state index contributed by atoms with van der Waals surface area (Å²) in [6.07, 6.45) is -1.60. The van der Waals surface area contributed by atoms with Gasteiger partial charge in [0.1, 0.15) is 11.5 Å². The summed E-state index contributed by atoms with van der Waals surface area (Å²) in [5.41, 5.74) is 1.10. The Kier molecular flexibility index (Phi) is 4.40. The standard InChI is InChI=1S/C20H16F4N4O/c1-11-7-13(5-6-25-11)15-9-26-28-12(2)10-27(19(29)18(15)28)14-3-4-16(17(21)8-14)20(22,23)24/h3-9,12H,10H2,1-2H3/t12-/m0/s1. The Labute approximate surface area is 163 Å². The number of carbonyl (C=O) groups is 1. The third kappa shape index (κ3) is 3.26. The second-order valence-corrected chi connectivity index (χ2v) is 6.96. The van der Waals surface area contributed by atoms with Crippen molar-refractivity contribution in [1.29, 1.82) is 0 Å². The molecule has 1 aliphatic heterocycles. The molecule has 1 aliphatic rings. The van der Waals surface area contributed by atoms with Crippen molar-refractivity contribution in [3.05, 3.63) is 65.5 Å². The summed E-state index contributed by atoms with van der Waals surface area (Å²) in [6.45, 7) is 3.81. The molecule has 0 saturated heterocycles. The highest BCUT2D eigenvalue weighted by Crippen LogP contribution is 2.36. The Balaban J connectivity index is 1.77. The lowest BCUT2D eigenvalue weighted by atomic mass is 10.0. The number of aromatic nitrogens is 3. The van der Waals surface area contributed by atoms with E-state index in [2.05, 4.69) is 10.1 Å². The van der Waals surface area contributed by atoms with E-state index in [0.29, 0.717) is 17.3 Å². The molecular weight excluding hydrogens is 388 g/mol. The smallest absolute Gasteiger partial charge is 0.305 e. The van der Waals surface area contributed by atoms with E-state index in [1.807, 2.05) is 19.9 Å². The van der Waals surface area contributed by atoms with Gasteiger partial charge in [0.2, 0.25) is 0 Å². The van der Waals surface area contributed by atoms with Crippen molar-refractivity contribution in [3.8, 4) is 11.1 Å². The van der Waals surface area contributed by atoms with E-state index in [-0.39, 0.29) is 18.3 Å². The number of hydrogen-bond acceptors (Lipinski definition) is 3. The van der Waals surface area contributed by atoms with E-state index in [1.54, 1.807) is 23.1 Å². The van der Waals surface area contributed by atoms with Gasteiger partial charge in [0.05, 0.1) is 17.8 Å². The average Bonchev–Trinajstić information content (AvgIpc) is 3.09. The second kappa shape index (κ2) is 6.68. The molecule has 1 amide bonds. The van der Waals surface area contributed by atoms with Crippen molar-refractivity contribution in [3.63, 3.8) is 0 Å². The van der Waals surface area contributed by atoms with Gasteiger partial charge in [-0.05, 0) is 49.7 Å². The Morgan fingerprint density at radius 2 is 1.93 bits per heavy atom. The molecule has 1 aromatic carbocycles. The maximum Gasteiger partial charge on any atom is 0.419 e. The topological polar surface area (TPSA) is 51.0 Å². The van der Waals surface area contributed by atoms with E-state index in [9.17, 15) is 22.4 Å². The van der Waals surface area contributed by atoms with Gasteiger partial charge in [-0.25, -0.2) is 4.39 Å². The number of anilines is 1. The number of amides is 1. The molecule has 0 radical (unpaired) electrons. The molecule has 0 unspecified atom stereocenters. The summed E-state index contributed by atoms with van der Waals surface area (Å²) in [5, 5.41) is 4.31. The third-order valence-electron chi connectivity index (χ3n) is 4.88. The molecule has 5 nitrogen and oxygen atoms in total. The molecule has 3 heterocycles. The lowest BCUT2D eigenvalue weighted by molar-refractivity contribution is -0.139. The van der Waals surface area contributed by atoms with Crippen LogP contribution >= 0.6 is 0 Å². The molecule has 4 rings (SSSR count). The van der Waals surface area contributed by atoms with Gasteiger partial charge in [-0.1, -0.05) is 0 Å². The highest BCUT2D eigenvalue weighted by Gasteiger charge is 2.37. The van der Waals surface area contributed by atoms with Gasteiger partial charge in [0.15, 0.2) is 0 Å². The van der Waals surface area contributed by atoms with Crippen LogP contribution in [0, 0.1) is 12.7 Å². The van der Waals surface area contributed by atoms with Crippen LogP contribution in [0.1, 0.15) is 34.7 Å². The van der Waals surface area contributed by atoms with E-state index in [1.165, 1.54) is 4.90 Å². The van der Waals surface area contributed by atoms with Gasteiger partial charge in [0, 0.05) is 29.7 Å². The maximum absolute atomic E-state index is 14.1. The highest BCUT2D eigenvalue weighted by atomic mass is 19.4. The fraction of sp³-hybridized carbons (Fsp3) is 0.250. The van der Waals surface area contributed by atoms with Crippen molar-refractivity contribution in [2.75, 3.05) is 11.4 Å². The normalized spacial score (nSPS) is 16.8. The zero-order valence-electron chi connectivity index (χ0n) is 15.5. The fourth-order valence-electron chi connectivity index (χ4n) is 3.51. The summed E-state index contributed by atoms with van der Waals surface area (Å²) in [7, 11) is 0. The molecule has 0 fully saturated rings. The number of benzene rings is 1. The zero-order valence-corrected chi connectivity index (χ0v) is 15.5. The van der Waals surface area contributed by atoms with Crippen molar-refractivity contribution < 1.29 is 22.4 Å². The Morgan fingerprint density at radius 1 is 1.17 bits per heavy atom. The van der Waals surface area contributed by atoms with Crippen molar-refractivity contribution >= 4 is 11.6 Å². The van der Waals surface area contributed by atoms with Crippen LogP contribution in [0.3, 0.4) is 0 Å². The number of nitrogens with zero attached hydrogens (tertiary/aromatic N) is 4. The maximum atomic E-state index is 14.1. The molecule has 0 saturated carbocycles. The number of halogens is 4. The molecule has 9 heteroatoms. The Morgan fingerprint density at radius 3 is 2.59 bits per heavy atom. The van der Waals surface area contributed by atoms with E-state index in [4.69, 9.17) is 0 Å². The zero-order chi connectivity index (χ0) is 20.9. The van der Waals surface area contributed by atoms with Crippen molar-refractivity contribution in [1.82, 2.24) is 14.8 Å². The molecule has 2 aromatic heterocycles. The number of pyridine rings is 1. The lowest BCUT2D eigenvalue weighted by Gasteiger charge is -2.32. The predicted molar refractivity (Wildman–Crippen MR) is 98.0 cm³/mol. The molecule has 150 valence electrons. The van der Waals surface area contributed by atoms with Gasteiger partial charge >= 0.3 is 6.18 Å². The monoisotopic (exact) mass is 404 g/mol. The van der Waals surface area contributed by atoms with E-state index in [0.717, 1.165) is 23.4 Å². The first kappa shape index (κ1) is 19.1. The van der Waals surface area contributed by atoms with E-state index < -0.39 is 23.5 Å². The van der Waals surface area contributed by atoms with Gasteiger partial charge < -0.3 is 4.90 Å². The minimum Gasteiger partial charge on any atom is -0.305 e. The number of rotatable bonds is 2. The largest absolute Gasteiger partial charge is 0.419 e. The van der Waals surface area contributed by atoms with Crippen molar-refractivity contribution in [2.24, 2.45) is 0 Å². The van der Waals surface area contributed by atoms with Gasteiger partial charge in [-0.2, -0.15) is 18.3 Å². The van der Waals surface area contributed by atoms with E-state index >= 15 is 0 Å². The van der Waals surface area contributed by atoms with Gasteiger partial charge in [-0.15, -0.1) is 0 Å². The van der Waals surface area contributed by atoms with Crippen molar-refractivity contribution in [2.45, 2.75) is 26.1 Å². The number of fused-ring (bicyclic) bond motifs is 1. The fourth-order valence-corrected chi connectivity index (χ4v) is 3.51. The van der Waals surface area contributed by atoms with Gasteiger partial charge in [-0.3, -0.25) is 14.5 Å². The summed E-state index contributed by atoms with van der Waals surface area (Å²) < 4.78 is 54.2. The molecule has 0 N–H and O–H groups in total. The molecule has 0 spiro atoms. The summed E-state index contributed by atoms with van der Waals surface area (Å²) in [5.74, 6) is -1.87. The SMILES string of the molecule is Cc1cc(-c2cnn3c2C(=O)N(c2ccc(C(F)(F)F)c(F)c2)C[C@@H]3C)ccn1. The minimum atomic E-state index is -4.80. The van der Waals surface area contributed by atoms with Crippen LogP contribution in [-0.4, -0.2) is 27.2 Å². The number of aryl methyl sites for hydroxylation is 1. The summed E-state index contributed by atoms with van der Waals surface area (Å²) in [6, 6.07) is 5.83. The lowest BCUT2D eigenvalue weighted by Crippen LogP contribution is -2.43. The van der Waals surface area contributed by atoms with Crippen LogP contribution in [0.4, 0.5) is 23.2 Å². The molecule has 29 heavy (non-hydrogen) atoms. The van der Waals surface area contributed by atoms with Gasteiger partial charge in [0.25, 0.3) is 5.91 Å². The highest BCUT2D eigenvalue weighted by molar-refractivity contribution is 6.09. The number of alkyl halides is 3. The van der Waals surface area contributed by atoms with Crippen LogP contribution in [0.2, 0.25) is 0 Å². The van der Waals surface area contributed by atoms with Crippen LogP contribution in [0.15, 0.2) is 42.7 Å². The first-order valence-electron chi connectivity index (χ1n) is 8.86. The number of carbonyl (C=O) groups excluding carboxylic acids is 1. The minimum absolute atomic E-state index is 0.0664. The summed E-state index contributed by atoms with van der Waals surface area (Å²) in [4.78, 5) is 18.6. The van der Waals surface area contributed by atoms with Crippen LogP contribution in [0.25, 0.3) is 11.1 Å². The van der Waals surface area contributed by atoms with Crippen LogP contribution < -0.4 is 4.90 Å². The summed E-state index contributed by atoms with van der Waals surface area (Å²) >= 11 is 0. The first-order valence-corrected chi connectivity index (χ1v) is 8.86. The molecule has 0 aliphatic carbocycles. The molecular formula is C20H16F4N4O. The van der Waals surface area contributed by atoms with Crippen LogP contribution in [-0.2, 0) is 6.18 Å². The molecule has 3 aromatic rings. The Bertz CT molecular complexity index is 1110. The predicted octanol–water partition coefficient (Wildman–Crippen LogP) is 4.63. The first-order chi connectivity index (χ1) is 13.7. The second-order valence-electron chi connectivity index (χ2n) is 6.96. The molecule has 1 atom stereocenters.